The van der Waals surface area contributed by atoms with Crippen molar-refractivity contribution in [1.29, 1.82) is 0 Å². The maximum absolute atomic E-state index is 12.9. The van der Waals surface area contributed by atoms with E-state index in [0.717, 1.165) is 10.0 Å². The Morgan fingerprint density at radius 2 is 2.07 bits per heavy atom. The second kappa shape index (κ2) is 7.85. The van der Waals surface area contributed by atoms with Gasteiger partial charge in [-0.2, -0.15) is 4.98 Å². The summed E-state index contributed by atoms with van der Waals surface area (Å²) in [7, 11) is 1.53. The number of oxazole rings is 1. The lowest BCUT2D eigenvalue weighted by Crippen LogP contribution is -2.14. The third kappa shape index (κ3) is 3.83. The van der Waals surface area contributed by atoms with Gasteiger partial charge < -0.3 is 14.5 Å². The van der Waals surface area contributed by atoms with Crippen LogP contribution < -0.4 is 10.1 Å². The molecule has 2 aromatic carbocycles. The van der Waals surface area contributed by atoms with Gasteiger partial charge in [0.25, 0.3) is 5.91 Å². The second-order valence-electron chi connectivity index (χ2n) is 6.30. The Balaban J connectivity index is 1.69. The molecule has 146 valence electrons. The minimum atomic E-state index is -0.343. The van der Waals surface area contributed by atoms with E-state index in [1.807, 2.05) is 13.0 Å². The molecule has 1 amide bonds. The van der Waals surface area contributed by atoms with Crippen molar-refractivity contribution in [3.8, 4) is 17.2 Å². The summed E-state index contributed by atoms with van der Waals surface area (Å²) in [5.41, 5.74) is 3.43. The molecule has 6 nitrogen and oxygen atoms in total. The average Bonchev–Trinajstić information content (AvgIpc) is 3.13. The van der Waals surface area contributed by atoms with Gasteiger partial charge >= 0.3 is 0 Å². The van der Waals surface area contributed by atoms with Crippen molar-refractivity contribution in [2.75, 3.05) is 12.4 Å². The van der Waals surface area contributed by atoms with Crippen LogP contribution in [-0.4, -0.2) is 23.0 Å². The Kier molecular flexibility index (Phi) is 5.25. The minimum absolute atomic E-state index is 0.343. The maximum Gasteiger partial charge on any atom is 0.259 e. The molecule has 0 saturated carbocycles. The number of halogens is 2. The van der Waals surface area contributed by atoms with Crippen LogP contribution in [0.3, 0.4) is 0 Å². The van der Waals surface area contributed by atoms with Crippen LogP contribution in [0.2, 0.25) is 5.02 Å². The van der Waals surface area contributed by atoms with Crippen LogP contribution in [-0.2, 0) is 0 Å². The molecule has 1 N–H and O–H groups in total. The molecule has 2 aromatic heterocycles. The van der Waals surface area contributed by atoms with Gasteiger partial charge in [0.1, 0.15) is 5.75 Å². The summed E-state index contributed by atoms with van der Waals surface area (Å²) in [5.74, 6) is 0.550. The van der Waals surface area contributed by atoms with Crippen LogP contribution in [0.4, 0.5) is 5.69 Å². The lowest BCUT2D eigenvalue weighted by molar-refractivity contribution is 0.102. The molecule has 0 radical (unpaired) electrons. The number of aromatic nitrogens is 2. The van der Waals surface area contributed by atoms with E-state index in [-0.39, 0.29) is 5.91 Å². The Labute approximate surface area is 180 Å². The van der Waals surface area contributed by atoms with Gasteiger partial charge in [0, 0.05) is 16.2 Å². The van der Waals surface area contributed by atoms with Crippen LogP contribution in [0, 0.1) is 6.92 Å². The van der Waals surface area contributed by atoms with Crippen LogP contribution in [0.5, 0.6) is 5.75 Å². The number of aryl methyl sites for hydroxylation is 1. The number of benzene rings is 2. The summed E-state index contributed by atoms with van der Waals surface area (Å²) in [6, 6.07) is 12.3. The van der Waals surface area contributed by atoms with Crippen molar-refractivity contribution in [3.05, 3.63) is 69.3 Å². The largest absolute Gasteiger partial charge is 0.496 e. The van der Waals surface area contributed by atoms with E-state index in [1.54, 1.807) is 42.6 Å². The van der Waals surface area contributed by atoms with E-state index in [9.17, 15) is 4.79 Å². The minimum Gasteiger partial charge on any atom is -0.496 e. The highest BCUT2D eigenvalue weighted by Crippen LogP contribution is 2.32. The predicted octanol–water partition coefficient (Wildman–Crippen LogP) is 5.88. The summed E-state index contributed by atoms with van der Waals surface area (Å²) >= 11 is 9.73. The highest BCUT2D eigenvalue weighted by Gasteiger charge is 2.18. The third-order valence-corrected chi connectivity index (χ3v) is 5.10. The van der Waals surface area contributed by atoms with Crippen LogP contribution >= 0.6 is 27.5 Å². The highest BCUT2D eigenvalue weighted by atomic mass is 79.9. The van der Waals surface area contributed by atoms with E-state index in [1.165, 1.54) is 7.11 Å². The molecular formula is C21H15BrClN3O3. The first-order valence-corrected chi connectivity index (χ1v) is 9.80. The Morgan fingerprint density at radius 3 is 2.83 bits per heavy atom. The molecule has 4 aromatic rings. The number of ether oxygens (including phenoxy) is 1. The molecule has 0 aliphatic rings. The second-order valence-corrected chi connectivity index (χ2v) is 7.62. The Hall–Kier alpha value is -2.90. The Bertz CT molecular complexity index is 1210. The zero-order chi connectivity index (χ0) is 20.5. The molecule has 0 atom stereocenters. The normalized spacial score (nSPS) is 10.9. The number of nitrogens with one attached hydrogen (secondary N) is 1. The highest BCUT2D eigenvalue weighted by molar-refractivity contribution is 9.10. The first-order valence-electron chi connectivity index (χ1n) is 8.63. The van der Waals surface area contributed by atoms with Gasteiger partial charge in [0.2, 0.25) is 5.89 Å². The number of methoxy groups -OCH3 is 1. The van der Waals surface area contributed by atoms with Crippen molar-refractivity contribution in [3.63, 3.8) is 0 Å². The summed E-state index contributed by atoms with van der Waals surface area (Å²) in [4.78, 5) is 21.5. The van der Waals surface area contributed by atoms with Crippen LogP contribution in [0.1, 0.15) is 15.9 Å². The predicted molar refractivity (Wildman–Crippen MR) is 116 cm³/mol. The van der Waals surface area contributed by atoms with E-state index >= 15 is 0 Å². The van der Waals surface area contributed by atoms with E-state index in [0.29, 0.717) is 44.7 Å². The number of nitrogens with zero attached hydrogens (tertiary/aromatic N) is 2. The van der Waals surface area contributed by atoms with Gasteiger partial charge in [-0.15, -0.1) is 0 Å². The standard InChI is InChI=1S/C21H15BrClN3O3/c1-11-8-13(22)10-14(18(11)28-2)20(27)25-16-9-12(5-6-15(16)23)21-26-19-17(29-21)4-3-7-24-19/h3-10H,1-2H3,(H,25,27). The molecule has 0 saturated heterocycles. The molecule has 4 rings (SSSR count). The number of hydrogen-bond acceptors (Lipinski definition) is 5. The fourth-order valence-corrected chi connectivity index (χ4v) is 3.74. The molecule has 29 heavy (non-hydrogen) atoms. The summed E-state index contributed by atoms with van der Waals surface area (Å²) < 4.78 is 11.9. The molecule has 0 unspecified atom stereocenters. The molecule has 0 spiro atoms. The van der Waals surface area contributed by atoms with Gasteiger partial charge in [-0.3, -0.25) is 4.79 Å². The van der Waals surface area contributed by atoms with E-state index < -0.39 is 0 Å². The van der Waals surface area contributed by atoms with Gasteiger partial charge in [0.05, 0.1) is 23.4 Å². The topological polar surface area (TPSA) is 77.2 Å². The van der Waals surface area contributed by atoms with Crippen molar-refractivity contribution in [1.82, 2.24) is 9.97 Å². The van der Waals surface area contributed by atoms with Crippen molar-refractivity contribution >= 4 is 50.4 Å². The lowest BCUT2D eigenvalue weighted by Gasteiger charge is -2.13. The maximum atomic E-state index is 12.9. The zero-order valence-corrected chi connectivity index (χ0v) is 17.8. The monoisotopic (exact) mass is 471 g/mol. The summed E-state index contributed by atoms with van der Waals surface area (Å²) in [6.07, 6.45) is 1.65. The Morgan fingerprint density at radius 1 is 1.24 bits per heavy atom. The number of carbonyl (C=O) groups excluding carboxylic acids is 1. The first-order chi connectivity index (χ1) is 14.0. The van der Waals surface area contributed by atoms with Crippen molar-refractivity contribution < 1.29 is 13.9 Å². The van der Waals surface area contributed by atoms with Crippen LogP contribution in [0.15, 0.2) is 57.6 Å². The third-order valence-electron chi connectivity index (χ3n) is 4.31. The molecule has 0 bridgehead atoms. The number of rotatable bonds is 4. The van der Waals surface area contributed by atoms with E-state index in [4.69, 9.17) is 20.8 Å². The molecule has 8 heteroatoms. The van der Waals surface area contributed by atoms with Crippen molar-refractivity contribution in [2.45, 2.75) is 6.92 Å². The number of pyridine rings is 1. The van der Waals surface area contributed by atoms with E-state index in [2.05, 4.69) is 31.2 Å². The molecule has 0 aliphatic carbocycles. The molecule has 2 heterocycles. The average molecular weight is 473 g/mol. The molecule has 0 fully saturated rings. The summed E-state index contributed by atoms with van der Waals surface area (Å²) in [5, 5.41) is 3.23. The van der Waals surface area contributed by atoms with Gasteiger partial charge in [0.15, 0.2) is 11.2 Å². The molecular weight excluding hydrogens is 458 g/mol. The van der Waals surface area contributed by atoms with Crippen LogP contribution in [0.25, 0.3) is 22.7 Å². The number of anilines is 1. The number of fused-ring (bicyclic) bond motifs is 1. The lowest BCUT2D eigenvalue weighted by atomic mass is 10.1. The van der Waals surface area contributed by atoms with Gasteiger partial charge in [-0.05, 0) is 55.0 Å². The quantitative estimate of drug-likeness (QED) is 0.402. The van der Waals surface area contributed by atoms with Gasteiger partial charge in [-0.1, -0.05) is 27.5 Å². The first kappa shape index (κ1) is 19.4. The fraction of sp³-hybridized carbons (Fsp3) is 0.0952. The molecule has 0 aliphatic heterocycles. The summed E-state index contributed by atoms with van der Waals surface area (Å²) in [6.45, 7) is 1.87. The van der Waals surface area contributed by atoms with Crippen molar-refractivity contribution in [2.24, 2.45) is 0 Å². The number of amides is 1. The zero-order valence-electron chi connectivity index (χ0n) is 15.5. The number of hydrogen-bond donors (Lipinski definition) is 1. The SMILES string of the molecule is COc1c(C)cc(Br)cc1C(=O)Nc1cc(-c2nc3ncccc3o2)ccc1Cl. The van der Waals surface area contributed by atoms with Gasteiger partial charge in [-0.25, -0.2) is 4.98 Å². The number of carbonyl (C=O) groups is 1. The smallest absolute Gasteiger partial charge is 0.259 e. The fourth-order valence-electron chi connectivity index (χ4n) is 3.01.